The van der Waals surface area contributed by atoms with Crippen LogP contribution < -0.4 is 9.21 Å². The van der Waals surface area contributed by atoms with Crippen LogP contribution in [0.5, 0.6) is 0 Å². The van der Waals surface area contributed by atoms with Crippen molar-refractivity contribution in [2.75, 3.05) is 48.2 Å². The number of anilines is 2. The third-order valence-electron chi connectivity index (χ3n) is 4.69. The van der Waals surface area contributed by atoms with E-state index in [1.54, 1.807) is 12.1 Å². The Morgan fingerprint density at radius 1 is 0.966 bits per heavy atom. The van der Waals surface area contributed by atoms with E-state index in [4.69, 9.17) is 0 Å². The minimum atomic E-state index is -3.89. The van der Waals surface area contributed by atoms with E-state index in [2.05, 4.69) is 0 Å². The summed E-state index contributed by atoms with van der Waals surface area (Å²) in [6.07, 6.45) is 0.897. The quantitative estimate of drug-likeness (QED) is 0.734. The van der Waals surface area contributed by atoms with Gasteiger partial charge in [0.25, 0.3) is 0 Å². The Morgan fingerprint density at radius 2 is 1.59 bits per heavy atom. The smallest absolute Gasteiger partial charge is 0.243 e. The molecular formula is C19H20F3N3O3S. The minimum Gasteiger partial charge on any atom is -0.368 e. The lowest BCUT2D eigenvalue weighted by Crippen LogP contribution is -2.52. The second-order valence-corrected chi connectivity index (χ2v) is 8.62. The largest absolute Gasteiger partial charge is 0.368 e. The van der Waals surface area contributed by atoms with Crippen LogP contribution in [0.4, 0.5) is 24.5 Å². The van der Waals surface area contributed by atoms with Gasteiger partial charge in [0.05, 0.1) is 11.9 Å². The van der Waals surface area contributed by atoms with Gasteiger partial charge in [0.2, 0.25) is 15.9 Å². The Hall–Kier alpha value is -2.75. The Morgan fingerprint density at radius 3 is 2.14 bits per heavy atom. The number of benzene rings is 2. The monoisotopic (exact) mass is 427 g/mol. The molecule has 0 unspecified atom stereocenters. The average molecular weight is 427 g/mol. The highest BCUT2D eigenvalue weighted by Gasteiger charge is 2.27. The van der Waals surface area contributed by atoms with Crippen LogP contribution in [0.2, 0.25) is 0 Å². The zero-order valence-corrected chi connectivity index (χ0v) is 16.5. The van der Waals surface area contributed by atoms with Crippen LogP contribution in [-0.2, 0) is 14.8 Å². The Kier molecular flexibility index (Phi) is 6.02. The molecule has 2 aromatic carbocycles. The number of amides is 1. The highest BCUT2D eigenvalue weighted by molar-refractivity contribution is 7.92. The number of rotatable bonds is 5. The summed E-state index contributed by atoms with van der Waals surface area (Å²) in [5, 5.41) is 0. The van der Waals surface area contributed by atoms with Gasteiger partial charge in [0, 0.05) is 37.9 Å². The molecule has 1 heterocycles. The van der Waals surface area contributed by atoms with Gasteiger partial charge in [-0.3, -0.25) is 9.10 Å². The fourth-order valence-corrected chi connectivity index (χ4v) is 3.97. The maximum Gasteiger partial charge on any atom is 0.243 e. The molecule has 10 heteroatoms. The van der Waals surface area contributed by atoms with Crippen LogP contribution in [0.25, 0.3) is 0 Å². The average Bonchev–Trinajstić information content (AvgIpc) is 2.68. The van der Waals surface area contributed by atoms with Crippen LogP contribution in [0, 0.1) is 17.5 Å². The molecule has 0 bridgehead atoms. The number of sulfonamides is 1. The van der Waals surface area contributed by atoms with Crippen LogP contribution in [0.1, 0.15) is 0 Å². The summed E-state index contributed by atoms with van der Waals surface area (Å²) in [5.74, 6) is -3.08. The molecule has 3 rings (SSSR count). The first kappa shape index (κ1) is 21.0. The predicted octanol–water partition coefficient (Wildman–Crippen LogP) is 2.22. The first-order valence-corrected chi connectivity index (χ1v) is 10.7. The van der Waals surface area contributed by atoms with Gasteiger partial charge in [-0.2, -0.15) is 0 Å². The number of hydrogen-bond acceptors (Lipinski definition) is 4. The molecule has 1 amide bonds. The van der Waals surface area contributed by atoms with Crippen LogP contribution >= 0.6 is 0 Å². The highest BCUT2D eigenvalue weighted by Crippen LogP contribution is 2.21. The number of carbonyl (C=O) groups excluding carboxylic acids is 1. The Balaban J connectivity index is 1.67. The molecule has 0 spiro atoms. The number of halogens is 3. The molecule has 0 atom stereocenters. The van der Waals surface area contributed by atoms with Crippen molar-refractivity contribution >= 4 is 27.3 Å². The Labute approximate surface area is 167 Å². The molecule has 1 saturated heterocycles. The molecule has 0 N–H and O–H groups in total. The van der Waals surface area contributed by atoms with Crippen molar-refractivity contribution in [1.82, 2.24) is 4.90 Å². The molecule has 0 aliphatic carbocycles. The van der Waals surface area contributed by atoms with Gasteiger partial charge in [-0.15, -0.1) is 0 Å². The first-order chi connectivity index (χ1) is 13.6. The molecular weight excluding hydrogens is 407 g/mol. The van der Waals surface area contributed by atoms with E-state index in [1.807, 2.05) is 4.90 Å². The minimum absolute atomic E-state index is 0.121. The molecule has 2 aromatic rings. The predicted molar refractivity (Wildman–Crippen MR) is 104 cm³/mol. The lowest BCUT2D eigenvalue weighted by Gasteiger charge is -2.37. The number of carbonyl (C=O) groups is 1. The summed E-state index contributed by atoms with van der Waals surface area (Å²) < 4.78 is 64.7. The fourth-order valence-electron chi connectivity index (χ4n) is 3.13. The van der Waals surface area contributed by atoms with Gasteiger partial charge in [-0.25, -0.2) is 21.6 Å². The standard InChI is InChI=1S/C19H20F3N3O3S/c1-29(27,28)25(16-6-7-17(21)18(22)12-16)13-19(26)24-10-8-23(9-11-24)15-4-2-14(20)3-5-15/h2-7,12H,8-11,13H2,1H3. The molecule has 1 fully saturated rings. The van der Waals surface area contributed by atoms with Gasteiger partial charge in [0.15, 0.2) is 11.6 Å². The van der Waals surface area contributed by atoms with Gasteiger partial charge >= 0.3 is 0 Å². The van der Waals surface area contributed by atoms with E-state index >= 15 is 0 Å². The molecule has 156 valence electrons. The SMILES string of the molecule is CS(=O)(=O)N(CC(=O)N1CCN(c2ccc(F)cc2)CC1)c1ccc(F)c(F)c1. The summed E-state index contributed by atoms with van der Waals surface area (Å²) in [4.78, 5) is 16.2. The maximum absolute atomic E-state index is 13.5. The van der Waals surface area contributed by atoms with Crippen molar-refractivity contribution < 1.29 is 26.4 Å². The number of nitrogens with zero attached hydrogens (tertiary/aromatic N) is 3. The number of hydrogen-bond donors (Lipinski definition) is 0. The molecule has 0 radical (unpaired) electrons. The van der Waals surface area contributed by atoms with Crippen LogP contribution in [0.3, 0.4) is 0 Å². The molecule has 0 aromatic heterocycles. The normalized spacial score (nSPS) is 14.8. The molecule has 1 aliphatic heterocycles. The van der Waals surface area contributed by atoms with E-state index in [0.29, 0.717) is 26.2 Å². The van der Waals surface area contributed by atoms with Gasteiger partial charge in [0.1, 0.15) is 12.4 Å². The maximum atomic E-state index is 13.5. The molecule has 6 nitrogen and oxygen atoms in total. The van der Waals surface area contributed by atoms with Crippen molar-refractivity contribution in [1.29, 1.82) is 0 Å². The second-order valence-electron chi connectivity index (χ2n) is 6.71. The summed E-state index contributed by atoms with van der Waals surface area (Å²) >= 11 is 0. The molecule has 0 saturated carbocycles. The lowest BCUT2D eigenvalue weighted by atomic mass is 10.2. The van der Waals surface area contributed by atoms with Crippen LogP contribution in [0.15, 0.2) is 42.5 Å². The van der Waals surface area contributed by atoms with Crippen molar-refractivity contribution in [3.8, 4) is 0 Å². The van der Waals surface area contributed by atoms with Crippen LogP contribution in [-0.4, -0.2) is 58.2 Å². The fraction of sp³-hybridized carbons (Fsp3) is 0.316. The van der Waals surface area contributed by atoms with Crippen molar-refractivity contribution in [3.05, 3.63) is 59.9 Å². The lowest BCUT2D eigenvalue weighted by molar-refractivity contribution is -0.129. The van der Waals surface area contributed by atoms with Gasteiger partial charge in [-0.05, 0) is 36.4 Å². The highest BCUT2D eigenvalue weighted by atomic mass is 32.2. The third-order valence-corrected chi connectivity index (χ3v) is 5.84. The summed E-state index contributed by atoms with van der Waals surface area (Å²) in [6.45, 7) is 1.19. The molecule has 29 heavy (non-hydrogen) atoms. The summed E-state index contributed by atoms with van der Waals surface area (Å²) in [7, 11) is -3.89. The summed E-state index contributed by atoms with van der Waals surface area (Å²) in [6, 6.07) is 8.70. The zero-order valence-electron chi connectivity index (χ0n) is 15.7. The third kappa shape index (κ3) is 5.00. The first-order valence-electron chi connectivity index (χ1n) is 8.86. The van der Waals surface area contributed by atoms with Crippen molar-refractivity contribution in [3.63, 3.8) is 0 Å². The number of piperazine rings is 1. The second kappa shape index (κ2) is 8.32. The summed E-state index contributed by atoms with van der Waals surface area (Å²) in [5.41, 5.74) is 0.711. The van der Waals surface area contributed by atoms with E-state index in [1.165, 1.54) is 17.0 Å². The van der Waals surface area contributed by atoms with Crippen molar-refractivity contribution in [2.45, 2.75) is 0 Å². The van der Waals surface area contributed by atoms with E-state index in [-0.39, 0.29) is 11.5 Å². The van der Waals surface area contributed by atoms with Crippen molar-refractivity contribution in [2.24, 2.45) is 0 Å². The Bertz CT molecular complexity index is 992. The molecule has 1 aliphatic rings. The van der Waals surface area contributed by atoms with Gasteiger partial charge < -0.3 is 9.80 Å². The van der Waals surface area contributed by atoms with E-state index in [0.717, 1.165) is 34.4 Å². The van der Waals surface area contributed by atoms with E-state index < -0.39 is 34.1 Å². The van der Waals surface area contributed by atoms with Gasteiger partial charge in [-0.1, -0.05) is 0 Å². The zero-order chi connectivity index (χ0) is 21.2. The van der Waals surface area contributed by atoms with E-state index in [9.17, 15) is 26.4 Å². The topological polar surface area (TPSA) is 60.9 Å².